The zero-order valence-electron chi connectivity index (χ0n) is 15.3. The Bertz CT molecular complexity index is 874. The van der Waals surface area contributed by atoms with Crippen LogP contribution in [0.2, 0.25) is 0 Å². The van der Waals surface area contributed by atoms with Crippen molar-refractivity contribution in [1.82, 2.24) is 0 Å². The highest BCUT2D eigenvalue weighted by molar-refractivity contribution is 6.24. The second kappa shape index (κ2) is 7.91. The molecule has 6 nitrogen and oxygen atoms in total. The van der Waals surface area contributed by atoms with Crippen molar-refractivity contribution in [3.05, 3.63) is 68.3 Å². The van der Waals surface area contributed by atoms with E-state index in [0.717, 1.165) is 5.57 Å². The van der Waals surface area contributed by atoms with Gasteiger partial charge in [-0.1, -0.05) is 12.1 Å². The minimum absolute atomic E-state index is 0.0335. The first kappa shape index (κ1) is 19.3. The van der Waals surface area contributed by atoms with E-state index < -0.39 is 4.92 Å². The molecule has 1 aromatic rings. The molecule has 0 N–H and O–H groups in total. The maximum absolute atomic E-state index is 12.4. The van der Waals surface area contributed by atoms with Crippen LogP contribution in [0.4, 0.5) is 5.69 Å². The highest BCUT2D eigenvalue weighted by Crippen LogP contribution is 2.27. The van der Waals surface area contributed by atoms with Gasteiger partial charge in [-0.2, -0.15) is 0 Å². The third kappa shape index (κ3) is 4.14. The highest BCUT2D eigenvalue weighted by Gasteiger charge is 2.26. The van der Waals surface area contributed by atoms with E-state index in [9.17, 15) is 19.7 Å². The number of rotatable bonds is 6. The third-order valence-electron chi connectivity index (χ3n) is 4.46. The number of benzene rings is 1. The van der Waals surface area contributed by atoms with Crippen LogP contribution in [0.3, 0.4) is 0 Å². The molecule has 136 valence electrons. The summed E-state index contributed by atoms with van der Waals surface area (Å²) in [7, 11) is 0. The summed E-state index contributed by atoms with van der Waals surface area (Å²) >= 11 is 0. The number of Topliss-reactive ketones (excluding diaryl/α,β-unsaturated/α-hetero) is 2. The lowest BCUT2D eigenvalue weighted by molar-refractivity contribution is -0.384. The highest BCUT2D eigenvalue weighted by atomic mass is 16.6. The molecule has 0 bridgehead atoms. The van der Waals surface area contributed by atoms with Gasteiger partial charge in [-0.05, 0) is 45.8 Å². The Labute approximate surface area is 152 Å². The second-order valence-corrected chi connectivity index (χ2v) is 6.31. The molecule has 0 aliphatic heterocycles. The molecule has 1 aliphatic carbocycles. The van der Waals surface area contributed by atoms with E-state index in [-0.39, 0.29) is 23.9 Å². The number of nitro benzene ring substituents is 1. The SMILES string of the molecule is CC1=C(C)C(=O)C(C/C=C(\C)COc2cccc([N+](=O)[O-])c2)=C(C)C1=O. The molecule has 0 atom stereocenters. The van der Waals surface area contributed by atoms with Crippen LogP contribution in [-0.4, -0.2) is 23.1 Å². The van der Waals surface area contributed by atoms with Crippen LogP contribution in [-0.2, 0) is 9.59 Å². The fraction of sp³-hybridized carbons (Fsp3) is 0.300. The lowest BCUT2D eigenvalue weighted by Gasteiger charge is -2.17. The molecular weight excluding hydrogens is 334 g/mol. The van der Waals surface area contributed by atoms with E-state index in [2.05, 4.69) is 0 Å². The molecule has 26 heavy (non-hydrogen) atoms. The molecule has 1 aliphatic rings. The average molecular weight is 355 g/mol. The van der Waals surface area contributed by atoms with E-state index in [1.807, 2.05) is 13.0 Å². The zero-order chi connectivity index (χ0) is 19.4. The van der Waals surface area contributed by atoms with Gasteiger partial charge in [0, 0.05) is 28.4 Å². The van der Waals surface area contributed by atoms with Crippen molar-refractivity contribution in [3.8, 4) is 5.75 Å². The van der Waals surface area contributed by atoms with Crippen molar-refractivity contribution in [2.24, 2.45) is 0 Å². The maximum Gasteiger partial charge on any atom is 0.273 e. The van der Waals surface area contributed by atoms with E-state index >= 15 is 0 Å². The van der Waals surface area contributed by atoms with Gasteiger partial charge in [0.2, 0.25) is 0 Å². The minimum atomic E-state index is -0.478. The average Bonchev–Trinajstić information content (AvgIpc) is 2.63. The first-order chi connectivity index (χ1) is 12.2. The summed E-state index contributed by atoms with van der Waals surface area (Å²) in [6.07, 6.45) is 2.19. The van der Waals surface area contributed by atoms with Gasteiger partial charge >= 0.3 is 0 Å². The number of hydrogen-bond acceptors (Lipinski definition) is 5. The van der Waals surface area contributed by atoms with Gasteiger partial charge in [0.25, 0.3) is 5.69 Å². The third-order valence-corrected chi connectivity index (χ3v) is 4.46. The molecule has 2 rings (SSSR count). The first-order valence-corrected chi connectivity index (χ1v) is 8.22. The lowest BCUT2D eigenvalue weighted by atomic mass is 9.84. The summed E-state index contributed by atoms with van der Waals surface area (Å²) in [6, 6.07) is 5.96. The standard InChI is InChI=1S/C20H21NO5/c1-12(11-26-17-7-5-6-16(10-17)21(24)25)8-9-18-15(4)19(22)13(2)14(3)20(18)23/h5-8,10H,9,11H2,1-4H3/b12-8+. The molecule has 0 amide bonds. The van der Waals surface area contributed by atoms with Gasteiger partial charge in [0.15, 0.2) is 11.6 Å². The van der Waals surface area contributed by atoms with Gasteiger partial charge in [0.05, 0.1) is 11.0 Å². The topological polar surface area (TPSA) is 86.5 Å². The van der Waals surface area contributed by atoms with Crippen molar-refractivity contribution in [2.45, 2.75) is 34.1 Å². The quantitative estimate of drug-likeness (QED) is 0.332. The van der Waals surface area contributed by atoms with Crippen molar-refractivity contribution in [1.29, 1.82) is 0 Å². The Morgan fingerprint density at radius 3 is 2.42 bits per heavy atom. The number of carbonyl (C=O) groups is 2. The summed E-state index contributed by atoms with van der Waals surface area (Å²) in [5, 5.41) is 10.8. The number of allylic oxidation sites excluding steroid dienone is 5. The van der Waals surface area contributed by atoms with Crippen LogP contribution in [0.25, 0.3) is 0 Å². The van der Waals surface area contributed by atoms with Crippen molar-refractivity contribution < 1.29 is 19.2 Å². The maximum atomic E-state index is 12.4. The van der Waals surface area contributed by atoms with E-state index in [0.29, 0.717) is 34.5 Å². The van der Waals surface area contributed by atoms with Crippen LogP contribution in [0.15, 0.2) is 58.2 Å². The van der Waals surface area contributed by atoms with Gasteiger partial charge in [-0.25, -0.2) is 0 Å². The van der Waals surface area contributed by atoms with Gasteiger partial charge in [0.1, 0.15) is 12.4 Å². The molecule has 1 aromatic carbocycles. The number of hydrogen-bond donors (Lipinski definition) is 0. The zero-order valence-corrected chi connectivity index (χ0v) is 15.3. The molecule has 0 aromatic heterocycles. The van der Waals surface area contributed by atoms with E-state index in [1.54, 1.807) is 32.9 Å². The number of carbonyl (C=O) groups excluding carboxylic acids is 2. The fourth-order valence-corrected chi connectivity index (χ4v) is 2.62. The Balaban J connectivity index is 2.05. The van der Waals surface area contributed by atoms with Crippen LogP contribution >= 0.6 is 0 Å². The van der Waals surface area contributed by atoms with Crippen molar-refractivity contribution in [3.63, 3.8) is 0 Å². The van der Waals surface area contributed by atoms with Gasteiger partial charge in [-0.15, -0.1) is 0 Å². The monoisotopic (exact) mass is 355 g/mol. The molecule has 6 heteroatoms. The van der Waals surface area contributed by atoms with Gasteiger partial charge in [-0.3, -0.25) is 19.7 Å². The van der Waals surface area contributed by atoms with Crippen molar-refractivity contribution >= 4 is 17.3 Å². The van der Waals surface area contributed by atoms with E-state index in [1.165, 1.54) is 12.1 Å². The molecule has 0 heterocycles. The fourth-order valence-electron chi connectivity index (χ4n) is 2.62. The minimum Gasteiger partial charge on any atom is -0.489 e. The molecule has 0 saturated carbocycles. The summed E-state index contributed by atoms with van der Waals surface area (Å²) in [4.78, 5) is 34.9. The molecule has 0 unspecified atom stereocenters. The number of nitrogens with zero attached hydrogens (tertiary/aromatic N) is 1. The van der Waals surface area contributed by atoms with E-state index in [4.69, 9.17) is 4.74 Å². The molecular formula is C20H21NO5. The molecule has 0 saturated heterocycles. The summed E-state index contributed by atoms with van der Waals surface area (Å²) in [5.41, 5.74) is 2.82. The predicted octanol–water partition coefficient (Wildman–Crippen LogP) is 4.11. The number of ether oxygens (including phenoxy) is 1. The predicted molar refractivity (Wildman–Crippen MR) is 98.1 cm³/mol. The summed E-state index contributed by atoms with van der Waals surface area (Å²) < 4.78 is 5.56. The number of non-ortho nitro benzene ring substituents is 1. The molecule has 0 radical (unpaired) electrons. The Morgan fingerprint density at radius 2 is 1.77 bits per heavy atom. The van der Waals surface area contributed by atoms with Gasteiger partial charge < -0.3 is 4.74 Å². The smallest absolute Gasteiger partial charge is 0.273 e. The summed E-state index contributed by atoms with van der Waals surface area (Å²) in [6.45, 7) is 7.10. The van der Waals surface area contributed by atoms with Crippen LogP contribution in [0, 0.1) is 10.1 Å². The second-order valence-electron chi connectivity index (χ2n) is 6.31. The molecule has 0 spiro atoms. The first-order valence-electron chi connectivity index (χ1n) is 8.22. The Kier molecular flexibility index (Phi) is 5.87. The lowest BCUT2D eigenvalue weighted by Crippen LogP contribution is -2.20. The van der Waals surface area contributed by atoms with Crippen molar-refractivity contribution in [2.75, 3.05) is 6.61 Å². The van der Waals surface area contributed by atoms with Crippen LogP contribution in [0.5, 0.6) is 5.75 Å². The summed E-state index contributed by atoms with van der Waals surface area (Å²) in [5.74, 6) is 0.222. The van der Waals surface area contributed by atoms with Crippen LogP contribution in [0.1, 0.15) is 34.1 Å². The normalized spacial score (nSPS) is 15.6. The number of nitro groups is 1. The largest absolute Gasteiger partial charge is 0.489 e. The Hall–Kier alpha value is -3.02. The Morgan fingerprint density at radius 1 is 1.12 bits per heavy atom. The number of ketones is 2. The molecule has 0 fully saturated rings. The van der Waals surface area contributed by atoms with Crippen LogP contribution < -0.4 is 4.74 Å².